The molecular weight excluding hydrogens is 428 g/mol. The van der Waals surface area contributed by atoms with Crippen molar-refractivity contribution in [2.45, 2.75) is 31.1 Å². The van der Waals surface area contributed by atoms with Gasteiger partial charge in [-0.05, 0) is 50.1 Å². The highest BCUT2D eigenvalue weighted by Crippen LogP contribution is 2.33. The molecule has 0 bridgehead atoms. The third-order valence-electron chi connectivity index (χ3n) is 5.14. The van der Waals surface area contributed by atoms with Gasteiger partial charge < -0.3 is 10.1 Å². The molecule has 8 nitrogen and oxygen atoms in total. The Bertz CT molecular complexity index is 1190. The van der Waals surface area contributed by atoms with Crippen LogP contribution in [0.15, 0.2) is 65.8 Å². The second-order valence-electron chi connectivity index (χ2n) is 7.53. The number of benzene rings is 2. The van der Waals surface area contributed by atoms with E-state index >= 15 is 0 Å². The van der Waals surface area contributed by atoms with E-state index in [1.807, 2.05) is 18.2 Å². The first-order valence-corrected chi connectivity index (χ1v) is 11.8. The Labute approximate surface area is 187 Å². The zero-order valence-electron chi connectivity index (χ0n) is 17.7. The summed E-state index contributed by atoms with van der Waals surface area (Å²) in [6.45, 7) is 2.76. The molecular formula is C23H24N4O4S. The third kappa shape index (κ3) is 4.95. The van der Waals surface area contributed by atoms with Crippen LogP contribution in [0, 0.1) is 6.92 Å². The molecule has 0 atom stereocenters. The van der Waals surface area contributed by atoms with Crippen LogP contribution in [0.2, 0.25) is 0 Å². The van der Waals surface area contributed by atoms with Crippen LogP contribution in [0.1, 0.15) is 35.4 Å². The Kier molecular flexibility index (Phi) is 6.48. The highest BCUT2D eigenvalue weighted by molar-refractivity contribution is 7.89. The maximum Gasteiger partial charge on any atom is 0.275 e. The first-order valence-electron chi connectivity index (χ1n) is 10.4. The zero-order valence-corrected chi connectivity index (χ0v) is 18.5. The summed E-state index contributed by atoms with van der Waals surface area (Å²) in [5.74, 6) is 0.370. The predicted molar refractivity (Wildman–Crippen MR) is 120 cm³/mol. The number of rotatable bonds is 6. The van der Waals surface area contributed by atoms with E-state index in [2.05, 4.69) is 15.3 Å². The molecule has 1 fully saturated rings. The number of hydrogen-bond acceptors (Lipinski definition) is 6. The van der Waals surface area contributed by atoms with Gasteiger partial charge in [-0.2, -0.15) is 4.31 Å². The predicted octanol–water partition coefficient (Wildman–Crippen LogP) is 4.00. The van der Waals surface area contributed by atoms with Gasteiger partial charge in [0.1, 0.15) is 11.4 Å². The molecule has 9 heteroatoms. The summed E-state index contributed by atoms with van der Waals surface area (Å²) in [6, 6.07) is 13.5. The second-order valence-corrected chi connectivity index (χ2v) is 9.47. The molecule has 1 aliphatic rings. The number of carbonyl (C=O) groups is 1. The fraction of sp³-hybridized carbons (Fsp3) is 0.261. The van der Waals surface area contributed by atoms with Crippen molar-refractivity contribution in [3.8, 4) is 11.5 Å². The summed E-state index contributed by atoms with van der Waals surface area (Å²) in [5, 5.41) is 2.73. The van der Waals surface area contributed by atoms with Gasteiger partial charge in [-0.25, -0.2) is 13.4 Å². The number of para-hydroxylation sites is 1. The van der Waals surface area contributed by atoms with Crippen molar-refractivity contribution in [3.63, 3.8) is 0 Å². The summed E-state index contributed by atoms with van der Waals surface area (Å²) in [6.07, 6.45) is 5.56. The molecule has 0 aliphatic carbocycles. The van der Waals surface area contributed by atoms with Crippen molar-refractivity contribution < 1.29 is 17.9 Å². The van der Waals surface area contributed by atoms with Crippen molar-refractivity contribution in [3.05, 3.63) is 72.3 Å². The highest BCUT2D eigenvalue weighted by atomic mass is 32.2. The minimum Gasteiger partial charge on any atom is -0.455 e. The number of hydrogen-bond donors (Lipinski definition) is 1. The zero-order chi connectivity index (χ0) is 22.6. The fourth-order valence-electron chi connectivity index (χ4n) is 3.42. The van der Waals surface area contributed by atoms with Crippen LogP contribution < -0.4 is 10.1 Å². The van der Waals surface area contributed by atoms with E-state index in [-0.39, 0.29) is 16.3 Å². The van der Waals surface area contributed by atoms with Crippen LogP contribution in [0.4, 0.5) is 5.69 Å². The molecule has 4 rings (SSSR count). The number of aromatic nitrogens is 2. The van der Waals surface area contributed by atoms with Crippen molar-refractivity contribution in [1.29, 1.82) is 0 Å². The molecule has 1 aliphatic heterocycles. The largest absolute Gasteiger partial charge is 0.455 e. The number of anilines is 1. The van der Waals surface area contributed by atoms with Crippen molar-refractivity contribution in [2.75, 3.05) is 18.4 Å². The maximum absolute atomic E-state index is 13.2. The van der Waals surface area contributed by atoms with Crippen LogP contribution in [0.25, 0.3) is 0 Å². The number of piperidine rings is 1. The molecule has 2 aromatic carbocycles. The van der Waals surface area contributed by atoms with E-state index in [0.717, 1.165) is 19.3 Å². The molecule has 1 N–H and O–H groups in total. The van der Waals surface area contributed by atoms with Gasteiger partial charge >= 0.3 is 0 Å². The van der Waals surface area contributed by atoms with Gasteiger partial charge in [0.25, 0.3) is 5.91 Å². The van der Waals surface area contributed by atoms with Crippen LogP contribution in [0.5, 0.6) is 11.5 Å². The number of amides is 1. The van der Waals surface area contributed by atoms with Crippen molar-refractivity contribution >= 4 is 21.6 Å². The lowest BCUT2D eigenvalue weighted by atomic mass is 10.2. The normalized spacial score (nSPS) is 14.7. The van der Waals surface area contributed by atoms with Gasteiger partial charge in [0.05, 0.1) is 22.5 Å². The monoisotopic (exact) mass is 452 g/mol. The summed E-state index contributed by atoms with van der Waals surface area (Å²) in [4.78, 5) is 21.0. The molecule has 0 spiro atoms. The SMILES string of the molecule is Cc1cnc(C(=O)Nc2cc(S(=O)(=O)N3CCCCC3)ccc2Oc2ccccc2)cn1. The number of sulfonamides is 1. The fourth-order valence-corrected chi connectivity index (χ4v) is 4.97. The van der Waals surface area contributed by atoms with E-state index in [4.69, 9.17) is 4.74 Å². The molecule has 166 valence electrons. The molecule has 3 aromatic rings. The summed E-state index contributed by atoms with van der Waals surface area (Å²) in [7, 11) is -3.68. The summed E-state index contributed by atoms with van der Waals surface area (Å²) >= 11 is 0. The molecule has 32 heavy (non-hydrogen) atoms. The second kappa shape index (κ2) is 9.46. The Hall–Kier alpha value is -3.30. The van der Waals surface area contributed by atoms with Gasteiger partial charge in [0, 0.05) is 19.3 Å². The van der Waals surface area contributed by atoms with Gasteiger partial charge in [-0.15, -0.1) is 0 Å². The Balaban J connectivity index is 1.68. The molecule has 0 radical (unpaired) electrons. The minimum atomic E-state index is -3.68. The average molecular weight is 453 g/mol. The smallest absolute Gasteiger partial charge is 0.275 e. The minimum absolute atomic E-state index is 0.102. The number of ether oxygens (including phenoxy) is 1. The van der Waals surface area contributed by atoms with Crippen LogP contribution >= 0.6 is 0 Å². The van der Waals surface area contributed by atoms with Gasteiger partial charge in [0.15, 0.2) is 5.75 Å². The Morgan fingerprint density at radius 1 is 1.00 bits per heavy atom. The Morgan fingerprint density at radius 3 is 2.44 bits per heavy atom. The van der Waals surface area contributed by atoms with Gasteiger partial charge in [-0.3, -0.25) is 9.78 Å². The molecule has 1 aromatic heterocycles. The molecule has 2 heterocycles. The van der Waals surface area contributed by atoms with Crippen molar-refractivity contribution in [2.24, 2.45) is 0 Å². The van der Waals surface area contributed by atoms with Crippen LogP contribution in [0.3, 0.4) is 0 Å². The van der Waals surface area contributed by atoms with E-state index in [0.29, 0.717) is 30.3 Å². The quantitative estimate of drug-likeness (QED) is 0.607. The lowest BCUT2D eigenvalue weighted by Gasteiger charge is -2.26. The lowest BCUT2D eigenvalue weighted by Crippen LogP contribution is -2.35. The lowest BCUT2D eigenvalue weighted by molar-refractivity contribution is 0.102. The van der Waals surface area contributed by atoms with Crippen LogP contribution in [-0.2, 0) is 10.0 Å². The number of aryl methyl sites for hydroxylation is 1. The number of nitrogens with one attached hydrogen (secondary N) is 1. The van der Waals surface area contributed by atoms with E-state index in [1.165, 1.54) is 28.8 Å². The number of carbonyl (C=O) groups excluding carboxylic acids is 1. The summed E-state index contributed by atoms with van der Waals surface area (Å²) in [5.41, 5.74) is 1.04. The van der Waals surface area contributed by atoms with Gasteiger partial charge in [-0.1, -0.05) is 24.6 Å². The van der Waals surface area contributed by atoms with Crippen molar-refractivity contribution in [1.82, 2.24) is 14.3 Å². The Morgan fingerprint density at radius 2 is 1.75 bits per heavy atom. The first kappa shape index (κ1) is 21.9. The molecule has 1 saturated heterocycles. The maximum atomic E-state index is 13.2. The molecule has 1 amide bonds. The molecule has 0 unspecified atom stereocenters. The third-order valence-corrected chi connectivity index (χ3v) is 7.03. The van der Waals surface area contributed by atoms with E-state index in [1.54, 1.807) is 25.1 Å². The van der Waals surface area contributed by atoms with E-state index in [9.17, 15) is 13.2 Å². The van der Waals surface area contributed by atoms with E-state index < -0.39 is 15.9 Å². The summed E-state index contributed by atoms with van der Waals surface area (Å²) < 4.78 is 33.7. The average Bonchev–Trinajstić information content (AvgIpc) is 2.82. The highest BCUT2D eigenvalue weighted by Gasteiger charge is 2.27. The molecule has 0 saturated carbocycles. The number of nitrogens with zero attached hydrogens (tertiary/aromatic N) is 3. The topological polar surface area (TPSA) is 101 Å². The first-order chi connectivity index (χ1) is 15.4. The van der Waals surface area contributed by atoms with Gasteiger partial charge in [0.2, 0.25) is 10.0 Å². The standard InChI is InChI=1S/C23H24N4O4S/c1-17-15-25-21(16-24-17)23(28)26-20-14-19(32(29,30)27-12-6-3-7-13-27)10-11-22(20)31-18-8-4-2-5-9-18/h2,4-5,8-11,14-16H,3,6-7,12-13H2,1H3,(H,26,28). The van der Waals surface area contributed by atoms with Crippen LogP contribution in [-0.4, -0.2) is 41.7 Å².